The Morgan fingerprint density at radius 1 is 1.40 bits per heavy atom. The van der Waals surface area contributed by atoms with Gasteiger partial charge in [-0.15, -0.1) is 0 Å². The van der Waals surface area contributed by atoms with Gasteiger partial charge in [0.2, 0.25) is 5.91 Å². The molecule has 0 radical (unpaired) electrons. The molecule has 5 nitrogen and oxygen atoms in total. The summed E-state index contributed by atoms with van der Waals surface area (Å²) in [6, 6.07) is 3.41. The van der Waals surface area contributed by atoms with Gasteiger partial charge in [-0.1, -0.05) is 0 Å². The maximum absolute atomic E-state index is 13.3. The number of benzene rings is 1. The van der Waals surface area contributed by atoms with E-state index < -0.39 is 27.2 Å². The van der Waals surface area contributed by atoms with Crippen molar-refractivity contribution < 1.29 is 22.3 Å². The monoisotopic (exact) mass is 301 g/mol. The zero-order valence-corrected chi connectivity index (χ0v) is 12.1. The molecule has 1 saturated heterocycles. The van der Waals surface area contributed by atoms with Gasteiger partial charge in [0.05, 0.1) is 16.9 Å². The lowest BCUT2D eigenvalue weighted by atomic mass is 9.89. The van der Waals surface area contributed by atoms with E-state index in [-0.39, 0.29) is 11.5 Å². The van der Waals surface area contributed by atoms with Crippen LogP contribution in [-0.4, -0.2) is 27.5 Å². The van der Waals surface area contributed by atoms with Gasteiger partial charge in [0, 0.05) is 6.61 Å². The average Bonchev–Trinajstić information content (AvgIpc) is 2.76. The Balaban J connectivity index is 2.25. The summed E-state index contributed by atoms with van der Waals surface area (Å²) in [6.07, 6.45) is 0.455. The number of carbonyl (C=O) groups is 1. The van der Waals surface area contributed by atoms with Gasteiger partial charge in [-0.05, 0) is 44.0 Å². The number of amides is 1. The first kappa shape index (κ1) is 14.9. The van der Waals surface area contributed by atoms with Crippen molar-refractivity contribution in [2.75, 3.05) is 13.2 Å². The molecule has 1 atom stereocenters. The smallest absolute Gasteiger partial charge is 0.264 e. The Bertz CT molecular complexity index is 616. The van der Waals surface area contributed by atoms with Crippen LogP contribution < -0.4 is 4.72 Å². The first-order valence-corrected chi connectivity index (χ1v) is 7.63. The Kier molecular flexibility index (Phi) is 3.84. The maximum atomic E-state index is 13.3. The van der Waals surface area contributed by atoms with Crippen LogP contribution in [0.2, 0.25) is 0 Å². The van der Waals surface area contributed by atoms with Crippen molar-refractivity contribution in [3.05, 3.63) is 29.6 Å². The molecule has 110 valence electrons. The fraction of sp³-hybridized carbons (Fsp3) is 0.462. The molecule has 1 N–H and O–H groups in total. The van der Waals surface area contributed by atoms with E-state index in [0.29, 0.717) is 18.6 Å². The number of aryl methyl sites for hydroxylation is 1. The van der Waals surface area contributed by atoms with Crippen LogP contribution in [0.5, 0.6) is 0 Å². The second kappa shape index (κ2) is 5.14. The van der Waals surface area contributed by atoms with Gasteiger partial charge in [-0.25, -0.2) is 17.5 Å². The number of sulfonamides is 1. The molecule has 0 spiro atoms. The topological polar surface area (TPSA) is 72.5 Å². The van der Waals surface area contributed by atoms with E-state index in [1.165, 1.54) is 12.1 Å². The van der Waals surface area contributed by atoms with E-state index in [1.54, 1.807) is 13.8 Å². The molecule has 1 aliphatic heterocycles. The predicted octanol–water partition coefficient (Wildman–Crippen LogP) is 1.37. The second-order valence-corrected chi connectivity index (χ2v) is 6.94. The number of hydrogen-bond acceptors (Lipinski definition) is 4. The summed E-state index contributed by atoms with van der Waals surface area (Å²) in [5.74, 6) is -1.29. The molecule has 1 heterocycles. The zero-order chi connectivity index (χ0) is 15.0. The number of hydrogen-bond donors (Lipinski definition) is 1. The average molecular weight is 301 g/mol. The third-order valence-corrected chi connectivity index (χ3v) is 4.63. The van der Waals surface area contributed by atoms with E-state index in [1.807, 2.05) is 4.72 Å². The van der Waals surface area contributed by atoms with E-state index in [4.69, 9.17) is 4.74 Å². The highest BCUT2D eigenvalue weighted by Gasteiger charge is 2.39. The molecule has 1 unspecified atom stereocenters. The quantitative estimate of drug-likeness (QED) is 0.915. The summed E-state index contributed by atoms with van der Waals surface area (Å²) in [5.41, 5.74) is -0.400. The van der Waals surface area contributed by atoms with Crippen molar-refractivity contribution >= 4 is 15.9 Å². The lowest BCUT2D eigenvalue weighted by Gasteiger charge is -2.20. The van der Waals surface area contributed by atoms with Gasteiger partial charge in [-0.3, -0.25) is 4.79 Å². The first-order chi connectivity index (χ1) is 9.23. The summed E-state index contributed by atoms with van der Waals surface area (Å²) in [5, 5.41) is 0. The predicted molar refractivity (Wildman–Crippen MR) is 70.0 cm³/mol. The Morgan fingerprint density at radius 3 is 2.65 bits per heavy atom. The van der Waals surface area contributed by atoms with Crippen LogP contribution in [0.15, 0.2) is 23.1 Å². The second-order valence-electron chi connectivity index (χ2n) is 5.26. The largest absolute Gasteiger partial charge is 0.380 e. The molecule has 2 rings (SSSR count). The molecule has 0 aromatic heterocycles. The van der Waals surface area contributed by atoms with Crippen LogP contribution >= 0.6 is 0 Å². The molecular formula is C13H16FNO4S. The minimum absolute atomic E-state index is 0.177. The molecule has 0 saturated carbocycles. The molecule has 1 aromatic carbocycles. The fourth-order valence-electron chi connectivity index (χ4n) is 2.01. The third-order valence-electron chi connectivity index (χ3n) is 3.32. The molecule has 20 heavy (non-hydrogen) atoms. The van der Waals surface area contributed by atoms with Crippen molar-refractivity contribution in [1.29, 1.82) is 0 Å². The normalized spacial score (nSPS) is 22.8. The zero-order valence-electron chi connectivity index (χ0n) is 11.3. The number of rotatable bonds is 3. The standard InChI is InChI=1S/C13H16FNO4S/c1-9-5-10(14)7-11(6-9)20(17,18)15-12(16)13(2)3-4-19-8-13/h5-7H,3-4,8H2,1-2H3,(H,15,16). The Hall–Kier alpha value is -1.47. The van der Waals surface area contributed by atoms with Crippen LogP contribution in [0.25, 0.3) is 0 Å². The number of carbonyl (C=O) groups excluding carboxylic acids is 1. The lowest BCUT2D eigenvalue weighted by molar-refractivity contribution is -0.128. The molecule has 1 fully saturated rings. The van der Waals surface area contributed by atoms with Gasteiger partial charge in [-0.2, -0.15) is 0 Å². The van der Waals surface area contributed by atoms with Gasteiger partial charge in [0.15, 0.2) is 0 Å². The van der Waals surface area contributed by atoms with Gasteiger partial charge in [0.1, 0.15) is 5.82 Å². The molecule has 1 aliphatic rings. The first-order valence-electron chi connectivity index (χ1n) is 6.15. The molecule has 0 bridgehead atoms. The van der Waals surface area contributed by atoms with Crippen LogP contribution in [0.1, 0.15) is 18.9 Å². The van der Waals surface area contributed by atoms with E-state index in [9.17, 15) is 17.6 Å². The van der Waals surface area contributed by atoms with Crippen LogP contribution in [0.3, 0.4) is 0 Å². The van der Waals surface area contributed by atoms with Gasteiger partial charge >= 0.3 is 0 Å². The maximum Gasteiger partial charge on any atom is 0.264 e. The van der Waals surface area contributed by atoms with Crippen LogP contribution in [0, 0.1) is 18.2 Å². The van der Waals surface area contributed by atoms with Gasteiger partial charge < -0.3 is 4.74 Å². The minimum Gasteiger partial charge on any atom is -0.380 e. The van der Waals surface area contributed by atoms with Crippen molar-refractivity contribution in [3.63, 3.8) is 0 Å². The fourth-order valence-corrected chi connectivity index (χ4v) is 3.23. The molecule has 0 aliphatic carbocycles. The Morgan fingerprint density at radius 2 is 2.10 bits per heavy atom. The van der Waals surface area contributed by atoms with E-state index in [0.717, 1.165) is 6.07 Å². The van der Waals surface area contributed by atoms with E-state index >= 15 is 0 Å². The number of ether oxygens (including phenoxy) is 1. The van der Waals surface area contributed by atoms with Crippen molar-refractivity contribution in [1.82, 2.24) is 4.72 Å². The number of nitrogens with one attached hydrogen (secondary N) is 1. The minimum atomic E-state index is -4.08. The molecule has 1 aromatic rings. The van der Waals surface area contributed by atoms with Crippen LogP contribution in [-0.2, 0) is 19.6 Å². The summed E-state index contributed by atoms with van der Waals surface area (Å²) < 4.78 is 44.6. The summed E-state index contributed by atoms with van der Waals surface area (Å²) in [6.45, 7) is 3.82. The molecule has 1 amide bonds. The SMILES string of the molecule is Cc1cc(F)cc(S(=O)(=O)NC(=O)C2(C)CCOC2)c1. The van der Waals surface area contributed by atoms with Crippen LogP contribution in [0.4, 0.5) is 4.39 Å². The van der Waals surface area contributed by atoms with Crippen molar-refractivity contribution in [2.24, 2.45) is 5.41 Å². The van der Waals surface area contributed by atoms with Gasteiger partial charge in [0.25, 0.3) is 10.0 Å². The number of halogens is 1. The molecule has 7 heteroatoms. The third kappa shape index (κ3) is 2.99. The summed E-state index contributed by atoms with van der Waals surface area (Å²) in [4.78, 5) is 11.8. The van der Waals surface area contributed by atoms with Crippen molar-refractivity contribution in [3.8, 4) is 0 Å². The highest BCUT2D eigenvalue weighted by atomic mass is 32.2. The Labute approximate surface area is 117 Å². The summed E-state index contributed by atoms with van der Waals surface area (Å²) >= 11 is 0. The summed E-state index contributed by atoms with van der Waals surface area (Å²) in [7, 11) is -4.08. The van der Waals surface area contributed by atoms with E-state index in [2.05, 4.69) is 0 Å². The molecular weight excluding hydrogens is 285 g/mol. The highest BCUT2D eigenvalue weighted by Crippen LogP contribution is 2.28. The highest BCUT2D eigenvalue weighted by molar-refractivity contribution is 7.90. The lowest BCUT2D eigenvalue weighted by Crippen LogP contribution is -2.42. The van der Waals surface area contributed by atoms with Crippen molar-refractivity contribution in [2.45, 2.75) is 25.2 Å².